The van der Waals surface area contributed by atoms with Gasteiger partial charge in [-0.2, -0.15) is 0 Å². The number of aliphatic imine (C=N–C) groups is 1. The molecule has 0 heterocycles. The monoisotopic (exact) mass is 952 g/mol. The number of nitrogens with zero attached hydrogens (tertiary/aromatic N) is 1. The van der Waals surface area contributed by atoms with Crippen molar-refractivity contribution in [2.24, 2.45) is 81.4 Å². The highest BCUT2D eigenvalue weighted by atomic mass is 16.3. The van der Waals surface area contributed by atoms with Crippen LogP contribution in [0.1, 0.15) is 200 Å². The molecule has 0 radical (unpaired) electrons. The summed E-state index contributed by atoms with van der Waals surface area (Å²) in [6, 6.07) is 1.22. The van der Waals surface area contributed by atoms with Crippen LogP contribution in [0.25, 0.3) is 0 Å². The van der Waals surface area contributed by atoms with Crippen LogP contribution in [-0.2, 0) is 14.4 Å². The van der Waals surface area contributed by atoms with Crippen LogP contribution in [0.3, 0.4) is 0 Å². The van der Waals surface area contributed by atoms with Gasteiger partial charge >= 0.3 is 0 Å². The Morgan fingerprint density at radius 2 is 0.848 bits per heavy atom. The van der Waals surface area contributed by atoms with Crippen molar-refractivity contribution in [3.8, 4) is 0 Å². The lowest BCUT2D eigenvalue weighted by Crippen LogP contribution is -2.38. The van der Waals surface area contributed by atoms with Crippen LogP contribution in [0.5, 0.6) is 0 Å². The van der Waals surface area contributed by atoms with Crippen molar-refractivity contribution in [1.82, 2.24) is 16.0 Å². The molecule has 3 unspecified atom stereocenters. The first-order chi connectivity index (χ1) is 29.5. The van der Waals surface area contributed by atoms with E-state index in [0.29, 0.717) is 47.4 Å². The minimum Gasteiger partial charge on any atom is -0.512 e. The molecule has 0 saturated carbocycles. The molecule has 0 aromatic rings. The van der Waals surface area contributed by atoms with Crippen molar-refractivity contribution in [3.63, 3.8) is 0 Å². The molecule has 3 atom stereocenters. The summed E-state index contributed by atoms with van der Waals surface area (Å²) in [6.45, 7) is 55.2. The fraction of sp³-hybridized carbons (Fsp3) is 0.885. The molecule has 14 nitrogen and oxygen atoms in total. The second-order valence-corrected chi connectivity index (χ2v) is 21.2. The third-order valence-electron chi connectivity index (χ3n) is 7.88. The average molecular weight is 953 g/mol. The summed E-state index contributed by atoms with van der Waals surface area (Å²) in [5.74, 6) is 4.09. The molecule has 0 aromatic heterocycles. The van der Waals surface area contributed by atoms with E-state index in [2.05, 4.69) is 48.6 Å². The molecule has 0 bridgehead atoms. The van der Waals surface area contributed by atoms with Crippen molar-refractivity contribution in [1.29, 1.82) is 0 Å². The molecule has 0 aliphatic rings. The standard InChI is InChI=1S/C8H18O.C8H16O.C7H16N2.C7H17NO.2C7H15NO.C4H11NO.C4H9NO/c2*1-6(2)5-8(9)7(3)4;1-5(2)7(8)9-6(3)4;3*1-5(2)7(9)8-6(3)4;2*1-3(2)4(5)6/h6-9H,5H2,1-4H3;5-7,9H,1-4H3;5-6H,1-4H3,(H2,8,9);5-9H,1-4H3;2*5-6H,1-4H3,(H,8,9);3-4,6H,5H2,1-2H3;3H,1-2H3,(H2,5,6)/b;8-5-;;;;;;. The van der Waals surface area contributed by atoms with Crippen molar-refractivity contribution in [3.05, 3.63) is 11.8 Å². The number of nitrogens with two attached hydrogens (primary N) is 3. The number of aliphatic hydroxyl groups excluding tert-OH is 4. The van der Waals surface area contributed by atoms with Gasteiger partial charge in [0.2, 0.25) is 17.7 Å². The summed E-state index contributed by atoms with van der Waals surface area (Å²) in [5.41, 5.74) is 15.4. The maximum absolute atomic E-state index is 10.8. The molecule has 0 aromatic carbocycles. The van der Waals surface area contributed by atoms with Gasteiger partial charge in [-0.1, -0.05) is 138 Å². The first kappa shape index (κ1) is 80.3. The molecule has 66 heavy (non-hydrogen) atoms. The number of aliphatic hydroxyl groups is 4. The largest absolute Gasteiger partial charge is 0.512 e. The maximum atomic E-state index is 10.8. The molecule has 0 aliphatic heterocycles. The Bertz CT molecular complexity index is 1080. The number of allylic oxidation sites excluding steroid dienone is 2. The molecular weight excluding hydrogens is 835 g/mol. The number of primary amides is 1. The molecule has 0 fully saturated rings. The van der Waals surface area contributed by atoms with E-state index < -0.39 is 6.23 Å². The highest BCUT2D eigenvalue weighted by Gasteiger charge is 2.11. The summed E-state index contributed by atoms with van der Waals surface area (Å²) >= 11 is 0. The molecule has 0 saturated heterocycles. The molecule has 3 amide bonds. The van der Waals surface area contributed by atoms with E-state index in [-0.39, 0.29) is 71.7 Å². The average Bonchev–Trinajstić information content (AvgIpc) is 3.11. The molecule has 0 spiro atoms. The minimum atomic E-state index is -0.648. The molecule has 0 aliphatic carbocycles. The number of amidine groups is 1. The summed E-state index contributed by atoms with van der Waals surface area (Å²) in [7, 11) is 0. The van der Waals surface area contributed by atoms with Gasteiger partial charge in [-0.05, 0) is 97.5 Å². The van der Waals surface area contributed by atoms with Gasteiger partial charge in [-0.15, -0.1) is 0 Å². The number of carbonyl (C=O) groups excluding carboxylic acids is 3. The zero-order chi connectivity index (χ0) is 54.9. The van der Waals surface area contributed by atoms with E-state index in [1.807, 2.05) is 158 Å². The van der Waals surface area contributed by atoms with Gasteiger partial charge in [0, 0.05) is 53.8 Å². The van der Waals surface area contributed by atoms with E-state index in [1.54, 1.807) is 13.8 Å². The van der Waals surface area contributed by atoms with Crippen molar-refractivity contribution < 1.29 is 34.8 Å². The van der Waals surface area contributed by atoms with E-state index in [9.17, 15) is 24.6 Å². The Labute approximate surface area is 409 Å². The number of nitrogens with one attached hydrogen (secondary N) is 3. The number of hydrogen-bond donors (Lipinski definition) is 10. The lowest BCUT2D eigenvalue weighted by Gasteiger charge is -2.18. The minimum absolute atomic E-state index is 0.00926. The van der Waals surface area contributed by atoms with Crippen LogP contribution in [0.2, 0.25) is 0 Å². The maximum Gasteiger partial charge on any atom is 0.222 e. The number of carbonyl (C=O) groups is 3. The Kier molecular flexibility index (Phi) is 59.2. The normalized spacial score (nSPS) is 12.8. The Morgan fingerprint density at radius 3 is 0.924 bits per heavy atom. The first-order valence-corrected chi connectivity index (χ1v) is 24.7. The molecule has 13 N–H and O–H groups in total. The molecule has 14 heteroatoms. The number of rotatable bonds is 16. The smallest absolute Gasteiger partial charge is 0.222 e. The van der Waals surface area contributed by atoms with Crippen LogP contribution < -0.4 is 33.2 Å². The van der Waals surface area contributed by atoms with Gasteiger partial charge in [0.25, 0.3) is 0 Å². The second kappa shape index (κ2) is 48.7. The van der Waals surface area contributed by atoms with E-state index in [4.69, 9.17) is 27.4 Å². The van der Waals surface area contributed by atoms with Crippen LogP contribution >= 0.6 is 0 Å². The summed E-state index contributed by atoms with van der Waals surface area (Å²) in [6.07, 6.45) is 1.70. The third kappa shape index (κ3) is 78.4. The first-order valence-electron chi connectivity index (χ1n) is 24.7. The Hall–Kier alpha value is -2.78. The van der Waals surface area contributed by atoms with Gasteiger partial charge < -0.3 is 48.3 Å². The van der Waals surface area contributed by atoms with Crippen molar-refractivity contribution in [2.45, 2.75) is 243 Å². The van der Waals surface area contributed by atoms with Gasteiger partial charge in [0.1, 0.15) is 12.5 Å². The van der Waals surface area contributed by atoms with Gasteiger partial charge in [-0.25, -0.2) is 0 Å². The predicted octanol–water partition coefficient (Wildman–Crippen LogP) is 9.54. The van der Waals surface area contributed by atoms with Crippen LogP contribution in [-0.4, -0.2) is 86.7 Å². The molecular formula is C52H117N7O7. The Balaban J connectivity index is -0.0000000975. The van der Waals surface area contributed by atoms with Crippen LogP contribution in [0.15, 0.2) is 16.8 Å². The highest BCUT2D eigenvalue weighted by Crippen LogP contribution is 2.11. The van der Waals surface area contributed by atoms with Gasteiger partial charge in [-0.3, -0.25) is 24.7 Å². The number of amides is 3. The van der Waals surface area contributed by atoms with Crippen LogP contribution in [0, 0.1) is 59.2 Å². The zero-order valence-corrected chi connectivity index (χ0v) is 48.3. The van der Waals surface area contributed by atoms with E-state index in [0.717, 1.165) is 12.3 Å². The predicted molar refractivity (Wildman–Crippen MR) is 287 cm³/mol. The Morgan fingerprint density at radius 1 is 0.515 bits per heavy atom. The number of hydrogen-bond acceptors (Lipinski definition) is 10. The SMILES string of the molecule is CC(C)/C=C(\O)C(C)C.CC(C)C(N)=O.CC(C)C(N)O.CC(C)CC(O)C(C)C.CC(C)N=C(N)C(C)C.CC(C)NC(=O)C(C)C.CC(C)NC(=O)C(C)C.CC(C)NC(O)C(C)C. The van der Waals surface area contributed by atoms with Crippen molar-refractivity contribution >= 4 is 23.6 Å². The van der Waals surface area contributed by atoms with Crippen LogP contribution in [0.4, 0.5) is 0 Å². The van der Waals surface area contributed by atoms with E-state index in [1.165, 1.54) is 0 Å². The molecule has 0 rings (SSSR count). The van der Waals surface area contributed by atoms with Crippen molar-refractivity contribution in [2.75, 3.05) is 0 Å². The second-order valence-electron chi connectivity index (χ2n) is 21.2. The van der Waals surface area contributed by atoms with Gasteiger partial charge in [0.15, 0.2) is 0 Å². The molecule has 402 valence electrons. The summed E-state index contributed by atoms with van der Waals surface area (Å²) in [4.78, 5) is 35.8. The highest BCUT2D eigenvalue weighted by molar-refractivity contribution is 5.82. The lowest BCUT2D eigenvalue weighted by atomic mass is 9.98. The fourth-order valence-electron chi connectivity index (χ4n) is 3.17. The zero-order valence-electron chi connectivity index (χ0n) is 48.3. The van der Waals surface area contributed by atoms with E-state index >= 15 is 0 Å². The fourth-order valence-corrected chi connectivity index (χ4v) is 3.17. The summed E-state index contributed by atoms with van der Waals surface area (Å²) in [5, 5.41) is 44.7. The topological polar surface area (TPSA) is 259 Å². The quantitative estimate of drug-likeness (QED) is 0.0303. The third-order valence-corrected chi connectivity index (χ3v) is 7.88. The lowest BCUT2D eigenvalue weighted by molar-refractivity contribution is -0.125. The van der Waals surface area contributed by atoms with Gasteiger partial charge in [0.05, 0.1) is 17.7 Å². The summed E-state index contributed by atoms with van der Waals surface area (Å²) < 4.78 is 0.